The molecule has 208 valence electrons. The molecule has 0 saturated heterocycles. The van der Waals surface area contributed by atoms with Crippen LogP contribution in [0.2, 0.25) is 0 Å². The monoisotopic (exact) mass is 550 g/mol. The fraction of sp³-hybridized carbons (Fsp3) is 0.355. The first-order valence-electron chi connectivity index (χ1n) is 13.3. The van der Waals surface area contributed by atoms with Gasteiger partial charge in [0.25, 0.3) is 0 Å². The van der Waals surface area contributed by atoms with Crippen LogP contribution in [0.5, 0.6) is 17.2 Å². The van der Waals surface area contributed by atoms with Gasteiger partial charge in [0, 0.05) is 11.9 Å². The highest BCUT2D eigenvalue weighted by Crippen LogP contribution is 2.37. The second-order valence-electron chi connectivity index (χ2n) is 9.80. The van der Waals surface area contributed by atoms with Crippen LogP contribution in [0.25, 0.3) is 5.52 Å². The smallest absolute Gasteiger partial charge is 0.209 e. The average molecular weight is 551 g/mol. The molecular formula is C31H38N2O5S. The molecule has 4 aromatic rings. The van der Waals surface area contributed by atoms with Gasteiger partial charge in [-0.2, -0.15) is 0 Å². The van der Waals surface area contributed by atoms with Crippen molar-refractivity contribution in [3.63, 3.8) is 0 Å². The van der Waals surface area contributed by atoms with Crippen molar-refractivity contribution in [2.24, 2.45) is 0 Å². The van der Waals surface area contributed by atoms with E-state index in [0.717, 1.165) is 48.7 Å². The number of pyridine rings is 1. The Balaban J connectivity index is 1.31. The van der Waals surface area contributed by atoms with E-state index in [1.54, 1.807) is 38.5 Å². The van der Waals surface area contributed by atoms with Crippen molar-refractivity contribution in [2.45, 2.75) is 49.3 Å². The van der Waals surface area contributed by atoms with E-state index in [0.29, 0.717) is 22.8 Å². The SMILES string of the molecule is COc1ccc(CCNCCCOc2ccc(S(=O)(=O)c3c(C(C)C)c(C)n4ccccc34)cc2)cc1OC. The number of methoxy groups -OCH3 is 2. The van der Waals surface area contributed by atoms with Crippen LogP contribution in [0.15, 0.2) is 76.7 Å². The van der Waals surface area contributed by atoms with Crippen molar-refractivity contribution in [2.75, 3.05) is 33.9 Å². The van der Waals surface area contributed by atoms with Gasteiger partial charge >= 0.3 is 0 Å². The van der Waals surface area contributed by atoms with Crippen LogP contribution in [0.3, 0.4) is 0 Å². The minimum atomic E-state index is -3.71. The normalized spacial score (nSPS) is 11.7. The molecule has 1 N–H and O–H groups in total. The summed E-state index contributed by atoms with van der Waals surface area (Å²) in [7, 11) is -0.435. The van der Waals surface area contributed by atoms with Gasteiger partial charge in [-0.3, -0.25) is 0 Å². The van der Waals surface area contributed by atoms with Crippen molar-refractivity contribution < 1.29 is 22.6 Å². The van der Waals surface area contributed by atoms with Crippen LogP contribution >= 0.6 is 0 Å². The van der Waals surface area contributed by atoms with Gasteiger partial charge in [0.05, 0.1) is 31.2 Å². The summed E-state index contributed by atoms with van der Waals surface area (Å²) < 4.78 is 46.0. The summed E-state index contributed by atoms with van der Waals surface area (Å²) in [6.07, 6.45) is 3.63. The number of benzene rings is 2. The third-order valence-corrected chi connectivity index (χ3v) is 8.73. The number of ether oxygens (including phenoxy) is 3. The van der Waals surface area contributed by atoms with Crippen LogP contribution < -0.4 is 19.5 Å². The number of hydrogen-bond acceptors (Lipinski definition) is 6. The van der Waals surface area contributed by atoms with Crippen molar-refractivity contribution in [3.8, 4) is 17.2 Å². The number of rotatable bonds is 13. The predicted octanol–water partition coefficient (Wildman–Crippen LogP) is 5.82. The zero-order valence-corrected chi connectivity index (χ0v) is 24.2. The molecular weight excluding hydrogens is 512 g/mol. The Morgan fingerprint density at radius 1 is 0.923 bits per heavy atom. The Hall–Kier alpha value is -3.49. The highest BCUT2D eigenvalue weighted by atomic mass is 32.2. The standard InChI is InChI=1S/C31H38N2O5S/c1-22(2)30-23(3)33-19-7-6-9-27(33)31(30)39(34,35)26-13-11-25(12-14-26)38-20-8-17-32-18-16-24-10-15-28(36-4)29(21-24)37-5/h6-7,9-15,19,21-22,32H,8,16-18,20H2,1-5H3. The number of hydrogen-bond donors (Lipinski definition) is 1. The summed E-state index contributed by atoms with van der Waals surface area (Å²) in [5, 5.41) is 3.43. The summed E-state index contributed by atoms with van der Waals surface area (Å²) in [5.74, 6) is 2.19. The van der Waals surface area contributed by atoms with Gasteiger partial charge < -0.3 is 23.9 Å². The molecule has 0 fully saturated rings. The van der Waals surface area contributed by atoms with E-state index in [-0.39, 0.29) is 10.8 Å². The van der Waals surface area contributed by atoms with Gasteiger partial charge in [0.1, 0.15) is 10.6 Å². The lowest BCUT2D eigenvalue weighted by molar-refractivity contribution is 0.308. The Labute approximate surface area is 231 Å². The number of fused-ring (bicyclic) bond motifs is 1. The number of aromatic nitrogens is 1. The van der Waals surface area contributed by atoms with Crippen molar-refractivity contribution >= 4 is 15.4 Å². The molecule has 0 aliphatic carbocycles. The summed E-state index contributed by atoms with van der Waals surface area (Å²) in [5.41, 5.74) is 3.70. The quantitative estimate of drug-likeness (QED) is 0.211. The predicted molar refractivity (Wildman–Crippen MR) is 154 cm³/mol. The molecule has 39 heavy (non-hydrogen) atoms. The summed E-state index contributed by atoms with van der Waals surface area (Å²) in [6, 6.07) is 18.4. The number of nitrogens with one attached hydrogen (secondary N) is 1. The Kier molecular flexibility index (Phi) is 9.20. The fourth-order valence-electron chi connectivity index (χ4n) is 4.93. The van der Waals surface area contributed by atoms with E-state index in [4.69, 9.17) is 14.2 Å². The topological polar surface area (TPSA) is 78.3 Å². The largest absolute Gasteiger partial charge is 0.494 e. The second kappa shape index (κ2) is 12.6. The van der Waals surface area contributed by atoms with E-state index in [9.17, 15) is 8.42 Å². The molecule has 8 heteroatoms. The second-order valence-corrected chi connectivity index (χ2v) is 11.7. The molecule has 2 heterocycles. The molecule has 0 unspecified atom stereocenters. The fourth-order valence-corrected chi connectivity index (χ4v) is 6.77. The lowest BCUT2D eigenvalue weighted by Gasteiger charge is -2.12. The molecule has 0 spiro atoms. The first-order chi connectivity index (χ1) is 18.8. The molecule has 0 bridgehead atoms. The van der Waals surface area contributed by atoms with Gasteiger partial charge in [-0.1, -0.05) is 26.0 Å². The molecule has 2 aromatic carbocycles. The van der Waals surface area contributed by atoms with Gasteiger partial charge in [-0.25, -0.2) is 8.42 Å². The average Bonchev–Trinajstić information content (AvgIpc) is 3.26. The first kappa shape index (κ1) is 28.5. The molecule has 0 radical (unpaired) electrons. The van der Waals surface area contributed by atoms with E-state index in [1.165, 1.54) is 5.56 Å². The van der Waals surface area contributed by atoms with Crippen LogP contribution in [0, 0.1) is 6.92 Å². The van der Waals surface area contributed by atoms with Gasteiger partial charge in [-0.05, 0) is 98.4 Å². The Bertz CT molecular complexity index is 1510. The summed E-state index contributed by atoms with van der Waals surface area (Å²) in [4.78, 5) is 0.661. The van der Waals surface area contributed by atoms with Crippen LogP contribution in [0.1, 0.15) is 43.0 Å². The Morgan fingerprint density at radius 2 is 1.67 bits per heavy atom. The van der Waals surface area contributed by atoms with Crippen molar-refractivity contribution in [3.05, 3.63) is 83.7 Å². The third kappa shape index (κ3) is 6.23. The minimum Gasteiger partial charge on any atom is -0.494 e. The molecule has 4 rings (SSSR count). The maximum Gasteiger partial charge on any atom is 0.209 e. The maximum absolute atomic E-state index is 13.8. The van der Waals surface area contributed by atoms with Crippen molar-refractivity contribution in [1.29, 1.82) is 0 Å². The lowest BCUT2D eigenvalue weighted by atomic mass is 10.0. The van der Waals surface area contributed by atoms with E-state index in [1.807, 2.05) is 67.8 Å². The molecule has 0 aliphatic rings. The highest BCUT2D eigenvalue weighted by molar-refractivity contribution is 7.91. The zero-order chi connectivity index (χ0) is 28.0. The molecule has 0 aliphatic heterocycles. The van der Waals surface area contributed by atoms with Crippen LogP contribution in [-0.4, -0.2) is 46.7 Å². The molecule has 0 atom stereocenters. The number of sulfone groups is 1. The summed E-state index contributed by atoms with van der Waals surface area (Å²) in [6.45, 7) is 8.23. The maximum atomic E-state index is 13.8. The zero-order valence-electron chi connectivity index (χ0n) is 23.4. The summed E-state index contributed by atoms with van der Waals surface area (Å²) >= 11 is 0. The van der Waals surface area contributed by atoms with Crippen LogP contribution in [-0.2, 0) is 16.3 Å². The van der Waals surface area contributed by atoms with Crippen molar-refractivity contribution in [1.82, 2.24) is 9.72 Å². The Morgan fingerprint density at radius 3 is 2.36 bits per heavy atom. The minimum absolute atomic E-state index is 0.0740. The molecule has 2 aromatic heterocycles. The first-order valence-corrected chi connectivity index (χ1v) is 14.7. The third-order valence-electron chi connectivity index (χ3n) is 6.87. The van der Waals surface area contributed by atoms with E-state index in [2.05, 4.69) is 5.32 Å². The van der Waals surface area contributed by atoms with E-state index >= 15 is 0 Å². The van der Waals surface area contributed by atoms with Gasteiger partial charge in [-0.15, -0.1) is 0 Å². The molecule has 7 nitrogen and oxygen atoms in total. The molecule has 0 amide bonds. The lowest BCUT2D eigenvalue weighted by Crippen LogP contribution is -2.20. The van der Waals surface area contributed by atoms with Gasteiger partial charge in [0.15, 0.2) is 11.5 Å². The number of aryl methyl sites for hydroxylation is 1. The van der Waals surface area contributed by atoms with Crippen LogP contribution in [0.4, 0.5) is 0 Å². The highest BCUT2D eigenvalue weighted by Gasteiger charge is 2.29. The van der Waals surface area contributed by atoms with E-state index < -0.39 is 9.84 Å². The van der Waals surface area contributed by atoms with Gasteiger partial charge in [0.2, 0.25) is 9.84 Å². The molecule has 0 saturated carbocycles. The number of nitrogens with zero attached hydrogens (tertiary/aromatic N) is 1.